The minimum Gasteiger partial charge on any atom is -0.468 e. The van der Waals surface area contributed by atoms with Crippen molar-refractivity contribution in [3.63, 3.8) is 0 Å². The molecule has 2 aromatic rings. The molecule has 0 bridgehead atoms. The zero-order chi connectivity index (χ0) is 24.8. The van der Waals surface area contributed by atoms with Gasteiger partial charge in [-0.1, -0.05) is 15.9 Å². The van der Waals surface area contributed by atoms with E-state index in [0.717, 1.165) is 4.47 Å². The number of nitrogens with zero attached hydrogens (tertiary/aromatic N) is 2. The van der Waals surface area contributed by atoms with Crippen molar-refractivity contribution in [3.8, 4) is 0 Å². The maximum Gasteiger partial charge on any atom is 0.338 e. The van der Waals surface area contributed by atoms with Crippen molar-refractivity contribution in [3.05, 3.63) is 58.6 Å². The molecule has 2 aromatic carbocycles. The van der Waals surface area contributed by atoms with Gasteiger partial charge in [-0.3, -0.25) is 19.3 Å². The summed E-state index contributed by atoms with van der Waals surface area (Å²) in [5, 5.41) is 2.79. The molecule has 0 unspecified atom stereocenters. The van der Waals surface area contributed by atoms with Crippen LogP contribution in [0, 0.1) is 0 Å². The molecule has 34 heavy (non-hydrogen) atoms. The van der Waals surface area contributed by atoms with Crippen LogP contribution >= 0.6 is 28.1 Å². The summed E-state index contributed by atoms with van der Waals surface area (Å²) < 4.78 is 10.6. The minimum absolute atomic E-state index is 0.0562. The number of benzene rings is 2. The summed E-state index contributed by atoms with van der Waals surface area (Å²) >= 11 is 8.81. The molecule has 11 heteroatoms. The molecular weight excluding hydrogens is 526 g/mol. The standard InChI is InChI=1S/C23H22BrN3O6S/c1-3-33-22(31)14-4-10-17(11-5-14)27-21(30)18(26(23(27)34)13-20(29)32-2)12-19(28)25-16-8-6-15(24)7-9-16/h4-11,18H,3,12-13H2,1-2H3,(H,25,28)/t18-/m1/s1. The molecule has 1 aliphatic rings. The quantitative estimate of drug-likeness (QED) is 0.397. The van der Waals surface area contributed by atoms with Crippen LogP contribution in [0.3, 0.4) is 0 Å². The van der Waals surface area contributed by atoms with Crippen molar-refractivity contribution in [1.82, 2.24) is 4.90 Å². The highest BCUT2D eigenvalue weighted by atomic mass is 79.9. The van der Waals surface area contributed by atoms with E-state index in [-0.39, 0.29) is 24.7 Å². The summed E-state index contributed by atoms with van der Waals surface area (Å²) in [5.74, 6) is -1.98. The number of halogens is 1. The number of hydrogen-bond acceptors (Lipinski definition) is 7. The molecule has 0 aliphatic carbocycles. The molecule has 178 valence electrons. The lowest BCUT2D eigenvalue weighted by molar-refractivity contribution is -0.141. The van der Waals surface area contributed by atoms with Crippen LogP contribution in [-0.4, -0.2) is 60.1 Å². The maximum atomic E-state index is 13.3. The third-order valence-corrected chi connectivity index (χ3v) is 5.93. The fourth-order valence-electron chi connectivity index (χ4n) is 3.34. The second-order valence-corrected chi connectivity index (χ2v) is 8.48. The van der Waals surface area contributed by atoms with Crippen LogP contribution in [0.5, 0.6) is 0 Å². The van der Waals surface area contributed by atoms with Crippen LogP contribution in [-0.2, 0) is 23.9 Å². The average Bonchev–Trinajstić information content (AvgIpc) is 3.04. The first-order chi connectivity index (χ1) is 16.2. The molecule has 1 N–H and O–H groups in total. The highest BCUT2D eigenvalue weighted by Crippen LogP contribution is 2.28. The Morgan fingerprint density at radius 3 is 2.32 bits per heavy atom. The third-order valence-electron chi connectivity index (χ3n) is 4.99. The van der Waals surface area contributed by atoms with Crippen molar-refractivity contribution in [2.75, 3.05) is 30.5 Å². The smallest absolute Gasteiger partial charge is 0.338 e. The van der Waals surface area contributed by atoms with Gasteiger partial charge in [-0.2, -0.15) is 0 Å². The van der Waals surface area contributed by atoms with Crippen LogP contribution in [0.4, 0.5) is 11.4 Å². The number of carbonyl (C=O) groups is 4. The van der Waals surface area contributed by atoms with Gasteiger partial charge < -0.3 is 19.7 Å². The van der Waals surface area contributed by atoms with Crippen LogP contribution in [0.25, 0.3) is 0 Å². The second-order valence-electron chi connectivity index (χ2n) is 7.20. The molecule has 1 saturated heterocycles. The first-order valence-corrected chi connectivity index (χ1v) is 11.5. The Balaban J connectivity index is 1.82. The van der Waals surface area contributed by atoms with E-state index < -0.39 is 29.8 Å². The molecule has 1 fully saturated rings. The number of ether oxygens (including phenoxy) is 2. The van der Waals surface area contributed by atoms with Crippen molar-refractivity contribution in [2.24, 2.45) is 0 Å². The van der Waals surface area contributed by atoms with Gasteiger partial charge in [-0.15, -0.1) is 0 Å². The largest absolute Gasteiger partial charge is 0.468 e. The number of rotatable bonds is 8. The highest BCUT2D eigenvalue weighted by molar-refractivity contribution is 9.10. The number of nitrogens with one attached hydrogen (secondary N) is 1. The van der Waals surface area contributed by atoms with E-state index in [4.69, 9.17) is 21.7 Å². The summed E-state index contributed by atoms with van der Waals surface area (Å²) in [6, 6.07) is 12.1. The van der Waals surface area contributed by atoms with E-state index in [1.807, 2.05) is 0 Å². The predicted octanol–water partition coefficient (Wildman–Crippen LogP) is 3.13. The van der Waals surface area contributed by atoms with Crippen LogP contribution in [0.1, 0.15) is 23.7 Å². The summed E-state index contributed by atoms with van der Waals surface area (Å²) in [6.07, 6.45) is -0.233. The summed E-state index contributed by atoms with van der Waals surface area (Å²) in [4.78, 5) is 52.5. The summed E-state index contributed by atoms with van der Waals surface area (Å²) in [7, 11) is 1.23. The molecule has 2 amide bonds. The minimum atomic E-state index is -1.01. The van der Waals surface area contributed by atoms with E-state index in [1.54, 1.807) is 43.3 Å². The lowest BCUT2D eigenvalue weighted by Crippen LogP contribution is -2.41. The summed E-state index contributed by atoms with van der Waals surface area (Å²) in [6.45, 7) is 1.65. The Bertz CT molecular complexity index is 1110. The number of methoxy groups -OCH3 is 1. The number of esters is 2. The van der Waals surface area contributed by atoms with Gasteiger partial charge in [0.15, 0.2) is 5.11 Å². The van der Waals surface area contributed by atoms with Gasteiger partial charge >= 0.3 is 11.9 Å². The normalized spacial score (nSPS) is 15.3. The average molecular weight is 548 g/mol. The fraction of sp³-hybridized carbons (Fsp3) is 0.261. The van der Waals surface area contributed by atoms with Gasteiger partial charge in [0.1, 0.15) is 12.6 Å². The topological polar surface area (TPSA) is 105 Å². The maximum absolute atomic E-state index is 13.3. The van der Waals surface area contributed by atoms with Gasteiger partial charge in [-0.25, -0.2) is 4.79 Å². The van der Waals surface area contributed by atoms with E-state index in [0.29, 0.717) is 16.9 Å². The molecule has 0 radical (unpaired) electrons. The Morgan fingerprint density at radius 2 is 1.74 bits per heavy atom. The zero-order valence-corrected chi connectivity index (χ0v) is 20.9. The molecule has 1 atom stereocenters. The van der Waals surface area contributed by atoms with Crippen molar-refractivity contribution < 1.29 is 28.7 Å². The molecule has 0 spiro atoms. The van der Waals surface area contributed by atoms with Gasteiger partial charge in [0, 0.05) is 10.2 Å². The lowest BCUT2D eigenvalue weighted by Gasteiger charge is -2.22. The van der Waals surface area contributed by atoms with Crippen LogP contribution in [0.15, 0.2) is 53.0 Å². The highest BCUT2D eigenvalue weighted by Gasteiger charge is 2.45. The van der Waals surface area contributed by atoms with Gasteiger partial charge in [0.2, 0.25) is 5.91 Å². The lowest BCUT2D eigenvalue weighted by atomic mass is 10.1. The van der Waals surface area contributed by atoms with Crippen molar-refractivity contribution >= 4 is 68.4 Å². The van der Waals surface area contributed by atoms with Crippen molar-refractivity contribution in [1.29, 1.82) is 0 Å². The monoisotopic (exact) mass is 547 g/mol. The molecule has 0 aromatic heterocycles. The number of amides is 2. The SMILES string of the molecule is CCOC(=O)c1ccc(N2C(=O)[C@@H](CC(=O)Nc3ccc(Br)cc3)N(CC(=O)OC)C2=S)cc1. The van der Waals surface area contributed by atoms with Gasteiger partial charge in [-0.05, 0) is 67.7 Å². The van der Waals surface area contributed by atoms with Crippen molar-refractivity contribution in [2.45, 2.75) is 19.4 Å². The Labute approximate surface area is 210 Å². The molecular formula is C23H22BrN3O6S. The van der Waals surface area contributed by atoms with Gasteiger partial charge in [0.25, 0.3) is 5.91 Å². The number of carbonyl (C=O) groups excluding carboxylic acids is 4. The number of thiocarbonyl (C=S) groups is 1. The third kappa shape index (κ3) is 5.78. The first kappa shape index (κ1) is 25.3. The molecule has 3 rings (SSSR count). The molecule has 1 aliphatic heterocycles. The van der Waals surface area contributed by atoms with E-state index >= 15 is 0 Å². The number of anilines is 2. The molecule has 9 nitrogen and oxygen atoms in total. The number of hydrogen-bond donors (Lipinski definition) is 1. The molecule has 0 saturated carbocycles. The fourth-order valence-corrected chi connectivity index (χ4v) is 3.99. The van der Waals surface area contributed by atoms with Gasteiger partial charge in [0.05, 0.1) is 31.4 Å². The van der Waals surface area contributed by atoms with E-state index in [2.05, 4.69) is 21.2 Å². The van der Waals surface area contributed by atoms with E-state index in [1.165, 1.54) is 29.0 Å². The predicted molar refractivity (Wildman–Crippen MR) is 132 cm³/mol. The van der Waals surface area contributed by atoms with Crippen LogP contribution in [0.2, 0.25) is 0 Å². The Morgan fingerprint density at radius 1 is 1.09 bits per heavy atom. The van der Waals surface area contributed by atoms with E-state index in [9.17, 15) is 19.2 Å². The zero-order valence-electron chi connectivity index (χ0n) is 18.4. The summed E-state index contributed by atoms with van der Waals surface area (Å²) in [5.41, 5.74) is 1.28. The second kappa shape index (κ2) is 11.2. The Kier molecular flexibility index (Phi) is 8.35. The molecule has 1 heterocycles. The first-order valence-electron chi connectivity index (χ1n) is 10.3. The Hall–Kier alpha value is -3.31. The van der Waals surface area contributed by atoms with Crippen LogP contribution < -0.4 is 10.2 Å².